The first-order chi connectivity index (χ1) is 18.1. The van der Waals surface area contributed by atoms with Crippen molar-refractivity contribution in [3.05, 3.63) is 66.5 Å². The number of carbonyl (C=O) groups excluding carboxylic acids is 1. The summed E-state index contributed by atoms with van der Waals surface area (Å²) in [5.74, 6) is -1.05. The fourth-order valence-electron chi connectivity index (χ4n) is 4.62. The number of rotatable bonds is 10. The fourth-order valence-corrected chi connectivity index (χ4v) is 6.09. The van der Waals surface area contributed by atoms with Crippen LogP contribution in [0.1, 0.15) is 48.7 Å². The molecule has 1 fully saturated rings. The summed E-state index contributed by atoms with van der Waals surface area (Å²) in [5, 5.41) is 10.1. The van der Waals surface area contributed by atoms with Crippen molar-refractivity contribution in [2.45, 2.75) is 50.2 Å². The second kappa shape index (κ2) is 11.4. The van der Waals surface area contributed by atoms with Crippen molar-refractivity contribution in [2.75, 3.05) is 19.7 Å². The minimum atomic E-state index is -3.66. The maximum atomic E-state index is 13.2. The van der Waals surface area contributed by atoms with E-state index >= 15 is 0 Å². The number of aromatic nitrogens is 2. The molecule has 3 heterocycles. The standard InChI is InChI=1S/C27H31N3O7S/c1-4-15-36-27(33)24-10-9-22-23(16-29(17-25(31)32)26(22)28-24)19-11-13-30(14-12-19)38(34,35)21-7-5-20(6-8-21)37-18(2)3/h4-10,16,18-19H,1,11-15,17H2,2-3H3,(H,31,32). The lowest BCUT2D eigenvalue weighted by Gasteiger charge is -2.31. The van der Waals surface area contributed by atoms with Gasteiger partial charge in [0, 0.05) is 24.7 Å². The number of carbonyl (C=O) groups is 2. The van der Waals surface area contributed by atoms with E-state index in [1.807, 2.05) is 13.8 Å². The van der Waals surface area contributed by atoms with Gasteiger partial charge < -0.3 is 19.1 Å². The second-order valence-electron chi connectivity index (χ2n) is 9.38. The van der Waals surface area contributed by atoms with Crippen LogP contribution >= 0.6 is 0 Å². The maximum absolute atomic E-state index is 13.2. The van der Waals surface area contributed by atoms with E-state index < -0.39 is 22.0 Å². The first-order valence-electron chi connectivity index (χ1n) is 12.4. The number of fused-ring (bicyclic) bond motifs is 1. The minimum Gasteiger partial charge on any atom is -0.491 e. The molecular weight excluding hydrogens is 510 g/mol. The molecule has 1 aliphatic rings. The number of pyridine rings is 1. The quantitative estimate of drug-likeness (QED) is 0.303. The van der Waals surface area contributed by atoms with Gasteiger partial charge in [0.2, 0.25) is 10.0 Å². The molecule has 11 heteroatoms. The zero-order valence-corrected chi connectivity index (χ0v) is 22.2. The molecule has 2 aromatic heterocycles. The zero-order valence-electron chi connectivity index (χ0n) is 21.4. The molecule has 38 heavy (non-hydrogen) atoms. The Morgan fingerprint density at radius 1 is 1.16 bits per heavy atom. The lowest BCUT2D eigenvalue weighted by molar-refractivity contribution is -0.137. The Bertz CT molecular complexity index is 1440. The van der Waals surface area contributed by atoms with Crippen molar-refractivity contribution in [1.82, 2.24) is 13.9 Å². The Morgan fingerprint density at radius 2 is 1.84 bits per heavy atom. The van der Waals surface area contributed by atoms with Crippen LogP contribution in [-0.4, -0.2) is 65.1 Å². The number of aliphatic carboxylic acids is 1. The summed E-state index contributed by atoms with van der Waals surface area (Å²) >= 11 is 0. The molecule has 1 N–H and O–H groups in total. The highest BCUT2D eigenvalue weighted by Gasteiger charge is 2.31. The highest BCUT2D eigenvalue weighted by Crippen LogP contribution is 2.36. The van der Waals surface area contributed by atoms with Crippen molar-refractivity contribution in [3.8, 4) is 5.75 Å². The van der Waals surface area contributed by atoms with Crippen molar-refractivity contribution >= 4 is 33.0 Å². The van der Waals surface area contributed by atoms with Gasteiger partial charge in [-0.25, -0.2) is 18.2 Å². The van der Waals surface area contributed by atoms with E-state index in [4.69, 9.17) is 9.47 Å². The van der Waals surface area contributed by atoms with Crippen molar-refractivity contribution < 1.29 is 32.6 Å². The molecule has 0 bridgehead atoms. The largest absolute Gasteiger partial charge is 0.491 e. The second-order valence-corrected chi connectivity index (χ2v) is 11.3. The monoisotopic (exact) mass is 541 g/mol. The molecule has 0 spiro atoms. The van der Waals surface area contributed by atoms with Gasteiger partial charge in [-0.3, -0.25) is 4.79 Å². The SMILES string of the molecule is C=CCOC(=O)c1ccc2c(C3CCN(S(=O)(=O)c4ccc(OC(C)C)cc4)CC3)cn(CC(=O)O)c2n1. The van der Waals surface area contributed by atoms with Crippen LogP contribution in [0, 0.1) is 0 Å². The molecule has 0 aliphatic carbocycles. The van der Waals surface area contributed by atoms with Crippen LogP contribution in [0.25, 0.3) is 11.0 Å². The predicted octanol–water partition coefficient (Wildman–Crippen LogP) is 3.82. The van der Waals surface area contributed by atoms with Crippen molar-refractivity contribution in [2.24, 2.45) is 0 Å². The van der Waals surface area contributed by atoms with Gasteiger partial charge in [-0.05, 0) is 74.6 Å². The Hall–Kier alpha value is -3.70. The number of esters is 1. The van der Waals surface area contributed by atoms with Gasteiger partial charge >= 0.3 is 11.9 Å². The molecule has 10 nitrogen and oxygen atoms in total. The van der Waals surface area contributed by atoms with Crippen molar-refractivity contribution in [1.29, 1.82) is 0 Å². The molecule has 1 saturated heterocycles. The molecule has 202 valence electrons. The van der Waals surface area contributed by atoms with Crippen LogP contribution < -0.4 is 4.74 Å². The predicted molar refractivity (Wildman–Crippen MR) is 141 cm³/mol. The lowest BCUT2D eigenvalue weighted by atomic mass is 9.90. The average molecular weight is 542 g/mol. The molecule has 0 radical (unpaired) electrons. The molecule has 0 amide bonds. The Morgan fingerprint density at radius 3 is 2.45 bits per heavy atom. The normalized spacial score (nSPS) is 15.0. The fraction of sp³-hybridized carbons (Fsp3) is 0.370. The van der Waals surface area contributed by atoms with E-state index in [0.717, 1.165) is 10.9 Å². The van der Waals surface area contributed by atoms with E-state index in [1.165, 1.54) is 14.9 Å². The molecule has 1 aromatic carbocycles. The van der Waals surface area contributed by atoms with Gasteiger partial charge in [-0.1, -0.05) is 12.7 Å². The average Bonchev–Trinajstić information content (AvgIpc) is 3.24. The number of carboxylic acids is 1. The number of nitrogens with zero attached hydrogens (tertiary/aromatic N) is 3. The number of benzene rings is 1. The van der Waals surface area contributed by atoms with Crippen LogP contribution in [0.3, 0.4) is 0 Å². The summed E-state index contributed by atoms with van der Waals surface area (Å²) < 4.78 is 40.1. The van der Waals surface area contributed by atoms with E-state index in [0.29, 0.717) is 37.3 Å². The number of hydrogen-bond donors (Lipinski definition) is 1. The van der Waals surface area contributed by atoms with Gasteiger partial charge in [0.1, 0.15) is 24.5 Å². The van der Waals surface area contributed by atoms with Gasteiger partial charge in [-0.15, -0.1) is 0 Å². The number of ether oxygens (including phenoxy) is 2. The number of hydrogen-bond acceptors (Lipinski definition) is 7. The van der Waals surface area contributed by atoms with Crippen LogP contribution in [-0.2, 0) is 26.1 Å². The highest BCUT2D eigenvalue weighted by atomic mass is 32.2. The van der Waals surface area contributed by atoms with E-state index in [9.17, 15) is 23.1 Å². The summed E-state index contributed by atoms with van der Waals surface area (Å²) in [7, 11) is -3.66. The third-order valence-corrected chi connectivity index (χ3v) is 8.24. The molecular formula is C27H31N3O7S. The van der Waals surface area contributed by atoms with Gasteiger partial charge in [0.15, 0.2) is 5.69 Å². The lowest BCUT2D eigenvalue weighted by Crippen LogP contribution is -2.37. The number of sulfonamides is 1. The molecule has 1 aliphatic heterocycles. The van der Waals surface area contributed by atoms with Gasteiger partial charge in [0.05, 0.1) is 11.0 Å². The molecule has 4 rings (SSSR count). The minimum absolute atomic E-state index is 0.00109. The Balaban J connectivity index is 1.54. The Kier molecular flexibility index (Phi) is 8.17. The Labute approximate surface area is 221 Å². The van der Waals surface area contributed by atoms with E-state index in [-0.39, 0.29) is 35.8 Å². The molecule has 3 aromatic rings. The number of carboxylic acid groups (broad SMARTS) is 1. The first kappa shape index (κ1) is 27.3. The van der Waals surface area contributed by atoms with E-state index in [2.05, 4.69) is 11.6 Å². The topological polar surface area (TPSA) is 128 Å². The number of piperidine rings is 1. The molecule has 0 saturated carbocycles. The van der Waals surface area contributed by atoms with Crippen LogP contribution in [0.5, 0.6) is 5.75 Å². The van der Waals surface area contributed by atoms with E-state index in [1.54, 1.807) is 42.6 Å². The van der Waals surface area contributed by atoms with Gasteiger partial charge in [0.25, 0.3) is 0 Å². The van der Waals surface area contributed by atoms with Crippen LogP contribution in [0.15, 0.2) is 60.1 Å². The summed E-state index contributed by atoms with van der Waals surface area (Å²) in [6.45, 7) is 7.68. The maximum Gasteiger partial charge on any atom is 0.357 e. The smallest absolute Gasteiger partial charge is 0.357 e. The molecule has 0 atom stereocenters. The first-order valence-corrected chi connectivity index (χ1v) is 13.8. The third kappa shape index (κ3) is 5.89. The third-order valence-electron chi connectivity index (χ3n) is 6.33. The van der Waals surface area contributed by atoms with Crippen LogP contribution in [0.4, 0.5) is 0 Å². The summed E-state index contributed by atoms with van der Waals surface area (Å²) in [6, 6.07) is 9.72. The highest BCUT2D eigenvalue weighted by molar-refractivity contribution is 7.89. The van der Waals surface area contributed by atoms with Crippen molar-refractivity contribution in [3.63, 3.8) is 0 Å². The van der Waals surface area contributed by atoms with Gasteiger partial charge in [-0.2, -0.15) is 4.31 Å². The summed E-state index contributed by atoms with van der Waals surface area (Å²) in [6.07, 6.45) is 4.30. The zero-order chi connectivity index (χ0) is 27.4. The summed E-state index contributed by atoms with van der Waals surface area (Å²) in [5.41, 5.74) is 1.32. The molecule has 0 unspecified atom stereocenters. The van der Waals surface area contributed by atoms with Crippen LogP contribution in [0.2, 0.25) is 0 Å². The summed E-state index contributed by atoms with van der Waals surface area (Å²) in [4.78, 5) is 28.4.